The summed E-state index contributed by atoms with van der Waals surface area (Å²) in [6.07, 6.45) is 9.43. The largest absolute Gasteiger partial charge is 0.466 e. The molecular weight excluding hydrogens is 250 g/mol. The lowest BCUT2D eigenvalue weighted by Gasteiger charge is -2.26. The third-order valence-electron chi connectivity index (χ3n) is 3.36. The normalized spacial score (nSPS) is 16.1. The monoisotopic (exact) mass is 277 g/mol. The Morgan fingerprint density at radius 2 is 1.72 bits per heavy atom. The van der Waals surface area contributed by atoms with E-state index in [1.165, 1.54) is 51.7 Å². The SMILES string of the molecule is CCOC(=O)CCCCCCN1CCCCC1.Cl. The summed E-state index contributed by atoms with van der Waals surface area (Å²) in [7, 11) is 0. The molecule has 0 amide bonds. The van der Waals surface area contributed by atoms with Crippen LogP contribution in [0.15, 0.2) is 0 Å². The van der Waals surface area contributed by atoms with Crippen LogP contribution in [-0.2, 0) is 9.53 Å². The number of halogens is 1. The number of esters is 1. The molecule has 0 aromatic carbocycles. The summed E-state index contributed by atoms with van der Waals surface area (Å²) in [5, 5.41) is 0. The van der Waals surface area contributed by atoms with Crippen molar-refractivity contribution >= 4 is 18.4 Å². The van der Waals surface area contributed by atoms with Crippen LogP contribution in [0.2, 0.25) is 0 Å². The molecule has 0 radical (unpaired) electrons. The number of unbranched alkanes of at least 4 members (excludes halogenated alkanes) is 3. The molecule has 0 spiro atoms. The van der Waals surface area contributed by atoms with Crippen LogP contribution in [0.4, 0.5) is 0 Å². The molecule has 0 atom stereocenters. The van der Waals surface area contributed by atoms with Gasteiger partial charge in [0.05, 0.1) is 6.61 Å². The standard InChI is InChI=1S/C14H27NO2.ClH/c1-2-17-14(16)10-6-3-4-7-11-15-12-8-5-9-13-15;/h2-13H2,1H3;1H. The summed E-state index contributed by atoms with van der Waals surface area (Å²) >= 11 is 0. The molecule has 0 unspecified atom stereocenters. The molecular formula is C14H28ClNO2. The second-order valence-corrected chi connectivity index (χ2v) is 4.87. The fourth-order valence-electron chi connectivity index (χ4n) is 2.37. The first-order chi connectivity index (χ1) is 8.33. The minimum atomic E-state index is -0.0384. The van der Waals surface area contributed by atoms with Crippen molar-refractivity contribution < 1.29 is 9.53 Å². The van der Waals surface area contributed by atoms with Gasteiger partial charge in [0, 0.05) is 6.42 Å². The second-order valence-electron chi connectivity index (χ2n) is 4.87. The van der Waals surface area contributed by atoms with Gasteiger partial charge >= 0.3 is 5.97 Å². The Balaban J connectivity index is 0.00000289. The van der Waals surface area contributed by atoms with Gasteiger partial charge < -0.3 is 9.64 Å². The quantitative estimate of drug-likeness (QED) is 0.503. The molecule has 3 nitrogen and oxygen atoms in total. The average molecular weight is 278 g/mol. The van der Waals surface area contributed by atoms with Crippen LogP contribution in [0, 0.1) is 0 Å². The topological polar surface area (TPSA) is 29.5 Å². The van der Waals surface area contributed by atoms with E-state index in [0.717, 1.165) is 12.8 Å². The van der Waals surface area contributed by atoms with Crippen molar-refractivity contribution in [3.05, 3.63) is 0 Å². The Hall–Kier alpha value is -0.280. The molecule has 0 saturated carbocycles. The lowest BCUT2D eigenvalue weighted by atomic mass is 10.1. The molecule has 0 aromatic heterocycles. The predicted octanol–water partition coefficient (Wildman–Crippen LogP) is 3.41. The highest BCUT2D eigenvalue weighted by Gasteiger charge is 2.08. The molecule has 1 fully saturated rings. The smallest absolute Gasteiger partial charge is 0.305 e. The van der Waals surface area contributed by atoms with Crippen LogP contribution < -0.4 is 0 Å². The van der Waals surface area contributed by atoms with E-state index in [1.54, 1.807) is 0 Å². The van der Waals surface area contributed by atoms with Crippen molar-refractivity contribution in [1.82, 2.24) is 4.90 Å². The zero-order valence-corrected chi connectivity index (χ0v) is 12.5. The Morgan fingerprint density at radius 1 is 1.06 bits per heavy atom. The lowest BCUT2D eigenvalue weighted by Crippen LogP contribution is -2.30. The number of ether oxygens (including phenoxy) is 1. The van der Waals surface area contributed by atoms with Crippen molar-refractivity contribution in [2.75, 3.05) is 26.2 Å². The number of piperidine rings is 1. The number of carbonyl (C=O) groups is 1. The van der Waals surface area contributed by atoms with E-state index < -0.39 is 0 Å². The average Bonchev–Trinajstić information content (AvgIpc) is 2.35. The number of rotatable bonds is 8. The number of likely N-dealkylation sites (tertiary alicyclic amines) is 1. The Bertz CT molecular complexity index is 206. The molecule has 1 aliphatic rings. The fourth-order valence-corrected chi connectivity index (χ4v) is 2.37. The molecule has 1 aliphatic heterocycles. The first kappa shape index (κ1) is 17.7. The van der Waals surface area contributed by atoms with Gasteiger partial charge in [-0.05, 0) is 52.2 Å². The maximum Gasteiger partial charge on any atom is 0.305 e. The number of hydrogen-bond acceptors (Lipinski definition) is 3. The molecule has 0 bridgehead atoms. The van der Waals surface area contributed by atoms with Crippen molar-refractivity contribution in [1.29, 1.82) is 0 Å². The van der Waals surface area contributed by atoms with Crippen molar-refractivity contribution in [2.24, 2.45) is 0 Å². The molecule has 0 aliphatic carbocycles. The molecule has 1 rings (SSSR count). The van der Waals surface area contributed by atoms with Gasteiger partial charge in [-0.15, -0.1) is 12.4 Å². The lowest BCUT2D eigenvalue weighted by molar-refractivity contribution is -0.143. The highest BCUT2D eigenvalue weighted by molar-refractivity contribution is 5.85. The highest BCUT2D eigenvalue weighted by atomic mass is 35.5. The van der Waals surface area contributed by atoms with Gasteiger partial charge in [0.15, 0.2) is 0 Å². The zero-order valence-electron chi connectivity index (χ0n) is 11.7. The maximum atomic E-state index is 11.1. The van der Waals surface area contributed by atoms with Crippen LogP contribution in [0.5, 0.6) is 0 Å². The summed E-state index contributed by atoms with van der Waals surface area (Å²) in [5.74, 6) is -0.0384. The van der Waals surface area contributed by atoms with Gasteiger partial charge in [-0.25, -0.2) is 0 Å². The maximum absolute atomic E-state index is 11.1. The van der Waals surface area contributed by atoms with Gasteiger partial charge in [0.1, 0.15) is 0 Å². The Labute approximate surface area is 118 Å². The first-order valence-corrected chi connectivity index (χ1v) is 7.21. The third kappa shape index (κ3) is 8.76. The van der Waals surface area contributed by atoms with E-state index in [2.05, 4.69) is 4.90 Å². The molecule has 0 N–H and O–H groups in total. The molecule has 1 heterocycles. The summed E-state index contributed by atoms with van der Waals surface area (Å²) in [5.41, 5.74) is 0. The van der Waals surface area contributed by atoms with E-state index in [0.29, 0.717) is 13.0 Å². The van der Waals surface area contributed by atoms with Crippen LogP contribution in [0.25, 0.3) is 0 Å². The molecule has 18 heavy (non-hydrogen) atoms. The first-order valence-electron chi connectivity index (χ1n) is 7.21. The number of nitrogens with zero attached hydrogens (tertiary/aromatic N) is 1. The molecule has 4 heteroatoms. The summed E-state index contributed by atoms with van der Waals surface area (Å²) < 4.78 is 4.90. The summed E-state index contributed by atoms with van der Waals surface area (Å²) in [6, 6.07) is 0. The van der Waals surface area contributed by atoms with Gasteiger partial charge in [-0.3, -0.25) is 4.79 Å². The van der Waals surface area contributed by atoms with Gasteiger partial charge in [0.2, 0.25) is 0 Å². The summed E-state index contributed by atoms with van der Waals surface area (Å²) in [6.45, 7) is 6.20. The van der Waals surface area contributed by atoms with Gasteiger partial charge in [-0.1, -0.05) is 19.3 Å². The van der Waals surface area contributed by atoms with E-state index >= 15 is 0 Å². The van der Waals surface area contributed by atoms with Crippen molar-refractivity contribution in [3.63, 3.8) is 0 Å². The number of carbonyl (C=O) groups excluding carboxylic acids is 1. The van der Waals surface area contributed by atoms with E-state index in [-0.39, 0.29) is 18.4 Å². The van der Waals surface area contributed by atoms with E-state index in [1.807, 2.05) is 6.92 Å². The van der Waals surface area contributed by atoms with Gasteiger partial charge in [-0.2, -0.15) is 0 Å². The Morgan fingerprint density at radius 3 is 2.39 bits per heavy atom. The van der Waals surface area contributed by atoms with Crippen LogP contribution in [-0.4, -0.2) is 37.1 Å². The molecule has 1 saturated heterocycles. The van der Waals surface area contributed by atoms with Crippen LogP contribution in [0.3, 0.4) is 0 Å². The minimum absolute atomic E-state index is 0. The highest BCUT2D eigenvalue weighted by Crippen LogP contribution is 2.11. The minimum Gasteiger partial charge on any atom is -0.466 e. The number of hydrogen-bond donors (Lipinski definition) is 0. The van der Waals surface area contributed by atoms with Crippen molar-refractivity contribution in [3.8, 4) is 0 Å². The van der Waals surface area contributed by atoms with Gasteiger partial charge in [0.25, 0.3) is 0 Å². The fraction of sp³-hybridized carbons (Fsp3) is 0.929. The summed E-state index contributed by atoms with van der Waals surface area (Å²) in [4.78, 5) is 13.7. The molecule has 0 aromatic rings. The Kier molecular flexibility index (Phi) is 11.6. The molecule has 108 valence electrons. The van der Waals surface area contributed by atoms with E-state index in [9.17, 15) is 4.79 Å². The third-order valence-corrected chi connectivity index (χ3v) is 3.36. The second kappa shape index (κ2) is 11.8. The zero-order chi connectivity index (χ0) is 12.3. The van der Waals surface area contributed by atoms with Crippen molar-refractivity contribution in [2.45, 2.75) is 58.3 Å². The predicted molar refractivity (Wildman–Crippen MR) is 77.3 cm³/mol. The van der Waals surface area contributed by atoms with Crippen LogP contribution in [0.1, 0.15) is 58.3 Å². The van der Waals surface area contributed by atoms with E-state index in [4.69, 9.17) is 4.74 Å². The van der Waals surface area contributed by atoms with Crippen LogP contribution >= 0.6 is 12.4 Å².